The maximum Gasteiger partial charge on any atom is 1.00 e. The average Bonchev–Trinajstić information content (AvgIpc) is 2.61. The zero-order valence-corrected chi connectivity index (χ0v) is 21.8. The number of aliphatic hydroxyl groups excluding tert-OH is 1. The molecule has 2 atom stereocenters. The molecular formula is C22H45NaO4S. The molecule has 0 aliphatic heterocycles. The maximum absolute atomic E-state index is 11.5. The summed E-state index contributed by atoms with van der Waals surface area (Å²) >= 11 is 0. The van der Waals surface area contributed by atoms with Crippen LogP contribution in [0.4, 0.5) is 0 Å². The normalized spacial score (nSPS) is 13.9. The van der Waals surface area contributed by atoms with Gasteiger partial charge in [0.2, 0.25) is 0 Å². The predicted octanol–water partition coefficient (Wildman–Crippen LogP) is 3.33. The molecule has 0 rings (SSSR count). The summed E-state index contributed by atoms with van der Waals surface area (Å²) in [7, 11) is -4.26. The molecule has 0 aliphatic rings. The summed E-state index contributed by atoms with van der Waals surface area (Å²) in [5, 5.41) is 9.26. The molecule has 0 bridgehead atoms. The van der Waals surface area contributed by atoms with Gasteiger partial charge in [0.15, 0.2) is 0 Å². The fourth-order valence-corrected chi connectivity index (χ4v) is 4.50. The van der Waals surface area contributed by atoms with Crippen LogP contribution in [0.2, 0.25) is 0 Å². The van der Waals surface area contributed by atoms with Crippen molar-refractivity contribution in [3.8, 4) is 0 Å². The van der Waals surface area contributed by atoms with Gasteiger partial charge in [-0.2, -0.15) is 0 Å². The van der Waals surface area contributed by atoms with Crippen molar-refractivity contribution in [3.05, 3.63) is 0 Å². The van der Waals surface area contributed by atoms with Gasteiger partial charge in [0, 0.05) is 5.25 Å². The number of unbranched alkanes of at least 4 members (excludes halogenated alkanes) is 12. The summed E-state index contributed by atoms with van der Waals surface area (Å²) in [4.78, 5) is 0. The van der Waals surface area contributed by atoms with E-state index < -0.39 is 21.5 Å². The van der Waals surface area contributed by atoms with E-state index in [-0.39, 0.29) is 29.6 Å². The van der Waals surface area contributed by atoms with E-state index in [4.69, 9.17) is 0 Å². The Morgan fingerprint density at radius 3 is 1.46 bits per heavy atom. The Kier molecular flexibility index (Phi) is 23.4. The topological polar surface area (TPSA) is 77.4 Å². The van der Waals surface area contributed by atoms with Crippen LogP contribution in [0.15, 0.2) is 0 Å². The summed E-state index contributed by atoms with van der Waals surface area (Å²) in [5.74, 6) is 0. The molecule has 0 saturated heterocycles. The van der Waals surface area contributed by atoms with Gasteiger partial charge in [-0.15, -0.1) is 0 Å². The summed E-state index contributed by atoms with van der Waals surface area (Å²) in [6.07, 6.45) is 17.7. The Bertz CT molecular complexity index is 415. The van der Waals surface area contributed by atoms with Crippen molar-refractivity contribution in [1.29, 1.82) is 0 Å². The Balaban J connectivity index is 0. The Labute approximate surface area is 197 Å². The molecule has 0 fully saturated rings. The fraction of sp³-hybridized carbons (Fsp3) is 1.00. The van der Waals surface area contributed by atoms with Crippen molar-refractivity contribution < 1.29 is 47.6 Å². The minimum absolute atomic E-state index is 0. The van der Waals surface area contributed by atoms with Crippen LogP contribution in [-0.2, 0) is 10.1 Å². The number of aliphatic hydroxyl groups is 1. The van der Waals surface area contributed by atoms with E-state index >= 15 is 0 Å². The van der Waals surface area contributed by atoms with E-state index in [9.17, 15) is 18.1 Å². The largest absolute Gasteiger partial charge is 1.00 e. The molecule has 0 heterocycles. The second-order valence-electron chi connectivity index (χ2n) is 8.17. The van der Waals surface area contributed by atoms with Crippen molar-refractivity contribution in [2.45, 2.75) is 141 Å². The van der Waals surface area contributed by atoms with Gasteiger partial charge in [-0.05, 0) is 25.7 Å². The summed E-state index contributed by atoms with van der Waals surface area (Å²) in [5.41, 5.74) is 0. The van der Waals surface area contributed by atoms with Crippen LogP contribution in [0.25, 0.3) is 0 Å². The van der Waals surface area contributed by atoms with Crippen LogP contribution in [0.5, 0.6) is 0 Å². The molecule has 0 radical (unpaired) electrons. The van der Waals surface area contributed by atoms with Gasteiger partial charge >= 0.3 is 29.6 Å². The number of rotatable bonds is 20. The molecule has 2 unspecified atom stereocenters. The van der Waals surface area contributed by atoms with Crippen molar-refractivity contribution >= 4 is 10.1 Å². The van der Waals surface area contributed by atoms with E-state index in [0.29, 0.717) is 19.3 Å². The van der Waals surface area contributed by atoms with Crippen molar-refractivity contribution in [3.63, 3.8) is 0 Å². The average molecular weight is 429 g/mol. The Morgan fingerprint density at radius 1 is 0.643 bits per heavy atom. The van der Waals surface area contributed by atoms with E-state index in [1.807, 2.05) is 0 Å². The van der Waals surface area contributed by atoms with Crippen LogP contribution in [0.1, 0.15) is 129 Å². The Hall–Kier alpha value is 0.870. The van der Waals surface area contributed by atoms with E-state index in [1.165, 1.54) is 57.8 Å². The van der Waals surface area contributed by atoms with E-state index in [1.54, 1.807) is 0 Å². The molecule has 0 aliphatic carbocycles. The SMILES string of the molecule is CCCCCCCCCCC(CCC(O)CCCCCCCC)S(=O)(=O)[O-].[Na+]. The van der Waals surface area contributed by atoms with Crippen molar-refractivity contribution in [2.24, 2.45) is 0 Å². The van der Waals surface area contributed by atoms with Gasteiger partial charge < -0.3 is 9.66 Å². The Morgan fingerprint density at radius 2 is 1.04 bits per heavy atom. The zero-order valence-electron chi connectivity index (χ0n) is 19.0. The van der Waals surface area contributed by atoms with Crippen LogP contribution in [-0.4, -0.2) is 29.4 Å². The van der Waals surface area contributed by atoms with Gasteiger partial charge in [-0.3, -0.25) is 0 Å². The van der Waals surface area contributed by atoms with Gasteiger partial charge in [0.1, 0.15) is 0 Å². The third-order valence-electron chi connectivity index (χ3n) is 5.50. The van der Waals surface area contributed by atoms with Gasteiger partial charge in [0.05, 0.1) is 16.2 Å². The van der Waals surface area contributed by atoms with E-state index in [2.05, 4.69) is 13.8 Å². The predicted molar refractivity (Wildman–Crippen MR) is 114 cm³/mol. The maximum atomic E-state index is 11.5. The van der Waals surface area contributed by atoms with Crippen LogP contribution in [0, 0.1) is 0 Å². The standard InChI is InChI=1S/C22H46O4S.Na/c1-3-5-7-9-11-12-14-16-18-22(27(24,25)26)20-19-21(23)17-15-13-10-8-6-4-2;/h21-23H,3-20H2,1-2H3,(H,24,25,26);/q;+1/p-1. The first-order valence-electron chi connectivity index (χ1n) is 11.5. The molecule has 0 aromatic carbocycles. The molecule has 0 amide bonds. The summed E-state index contributed by atoms with van der Waals surface area (Å²) < 4.78 is 34.5. The zero-order chi connectivity index (χ0) is 20.4. The van der Waals surface area contributed by atoms with Crippen LogP contribution in [0.3, 0.4) is 0 Å². The first-order valence-corrected chi connectivity index (χ1v) is 13.0. The molecule has 164 valence electrons. The van der Waals surface area contributed by atoms with Gasteiger partial charge in [0.25, 0.3) is 0 Å². The first kappa shape index (κ1) is 31.1. The van der Waals surface area contributed by atoms with Crippen LogP contribution < -0.4 is 29.6 Å². The first-order chi connectivity index (χ1) is 12.9. The molecule has 28 heavy (non-hydrogen) atoms. The van der Waals surface area contributed by atoms with Gasteiger partial charge in [-0.1, -0.05) is 104 Å². The van der Waals surface area contributed by atoms with Gasteiger partial charge in [-0.25, -0.2) is 8.42 Å². The second-order valence-corrected chi connectivity index (χ2v) is 9.82. The van der Waals surface area contributed by atoms with Crippen molar-refractivity contribution in [2.75, 3.05) is 0 Å². The number of hydrogen-bond donors (Lipinski definition) is 1. The minimum atomic E-state index is -4.26. The molecule has 0 spiro atoms. The summed E-state index contributed by atoms with van der Waals surface area (Å²) in [6, 6.07) is 0. The number of hydrogen-bond acceptors (Lipinski definition) is 4. The fourth-order valence-electron chi connectivity index (χ4n) is 3.62. The molecule has 4 nitrogen and oxygen atoms in total. The smallest absolute Gasteiger partial charge is 0.748 e. The monoisotopic (exact) mass is 428 g/mol. The molecular weight excluding hydrogens is 383 g/mol. The minimum Gasteiger partial charge on any atom is -0.748 e. The molecule has 6 heteroatoms. The third kappa shape index (κ3) is 20.2. The third-order valence-corrected chi connectivity index (χ3v) is 6.79. The van der Waals surface area contributed by atoms with Crippen LogP contribution >= 0.6 is 0 Å². The quantitative estimate of drug-likeness (QED) is 0.183. The van der Waals surface area contributed by atoms with E-state index in [0.717, 1.165) is 38.5 Å². The summed E-state index contributed by atoms with van der Waals surface area (Å²) in [6.45, 7) is 4.39. The van der Waals surface area contributed by atoms with Crippen molar-refractivity contribution in [1.82, 2.24) is 0 Å². The second kappa shape index (κ2) is 21.1. The molecule has 0 aromatic heterocycles. The molecule has 0 aromatic rings. The molecule has 1 N–H and O–H groups in total. The molecule has 0 saturated carbocycles.